The van der Waals surface area contributed by atoms with Crippen LogP contribution in [0.3, 0.4) is 0 Å². The van der Waals surface area contributed by atoms with Gasteiger partial charge in [0.25, 0.3) is 0 Å². The minimum Gasteiger partial charge on any atom is -0.382 e. The predicted octanol–water partition coefficient (Wildman–Crippen LogP) is 1.57. The molecule has 0 aliphatic heterocycles. The number of nitrogens with zero attached hydrogens (tertiary/aromatic N) is 1. The molecule has 0 aliphatic carbocycles. The summed E-state index contributed by atoms with van der Waals surface area (Å²) in [4.78, 5) is 5.19. The maximum Gasteiger partial charge on any atom is 0.0916 e. The molecule has 0 saturated heterocycles. The van der Waals surface area contributed by atoms with Crippen molar-refractivity contribution in [3.8, 4) is 0 Å². The van der Waals surface area contributed by atoms with Crippen LogP contribution in [0.15, 0.2) is 18.3 Å². The van der Waals surface area contributed by atoms with Crippen LogP contribution in [0, 0.1) is 0 Å². The van der Waals surface area contributed by atoms with Crippen LogP contribution in [0.5, 0.6) is 0 Å². The number of hydroxylamine groups is 1. The minimum absolute atomic E-state index is 0.574. The van der Waals surface area contributed by atoms with E-state index in [0.29, 0.717) is 13.2 Å². The number of hydrogen-bond donors (Lipinski definition) is 1. The van der Waals surface area contributed by atoms with Crippen LogP contribution in [0.25, 0.3) is 0 Å². The van der Waals surface area contributed by atoms with Crippen molar-refractivity contribution < 1.29 is 9.57 Å². The summed E-state index contributed by atoms with van der Waals surface area (Å²) in [6.07, 6.45) is 3.24. The minimum atomic E-state index is 0.574. The molecule has 0 aromatic carbocycles. The molecule has 0 atom stereocenters. The molecule has 1 aromatic heterocycles. The van der Waals surface area contributed by atoms with Crippen LogP contribution in [0.4, 0.5) is 0 Å². The number of rotatable bonds is 8. The number of aromatic nitrogens is 1. The van der Waals surface area contributed by atoms with Gasteiger partial charge in [0.1, 0.15) is 0 Å². The third kappa shape index (κ3) is 4.46. The fourth-order valence-electron chi connectivity index (χ4n) is 1.39. The Morgan fingerprint density at radius 2 is 2.27 bits per heavy atom. The van der Waals surface area contributed by atoms with E-state index in [-0.39, 0.29) is 0 Å². The first kappa shape index (κ1) is 12.2. The zero-order valence-electron chi connectivity index (χ0n) is 9.53. The van der Waals surface area contributed by atoms with E-state index in [1.807, 2.05) is 0 Å². The Labute approximate surface area is 91.1 Å². The smallest absolute Gasteiger partial charge is 0.0916 e. The third-order valence-corrected chi connectivity index (χ3v) is 2.13. The van der Waals surface area contributed by atoms with Gasteiger partial charge in [-0.2, -0.15) is 5.48 Å². The molecule has 0 radical (unpaired) electrons. The lowest BCUT2D eigenvalue weighted by Crippen LogP contribution is -2.19. The summed E-state index contributed by atoms with van der Waals surface area (Å²) in [5.41, 5.74) is 4.17. The second-order valence-corrected chi connectivity index (χ2v) is 3.36. The van der Waals surface area contributed by atoms with Crippen molar-refractivity contribution in [3.63, 3.8) is 0 Å². The molecule has 0 bridgehead atoms. The van der Waals surface area contributed by atoms with Gasteiger partial charge in [-0.3, -0.25) is 4.84 Å². The summed E-state index contributed by atoms with van der Waals surface area (Å²) in [6, 6.07) is 4.16. The molecule has 4 heteroatoms. The molecule has 0 fully saturated rings. The van der Waals surface area contributed by atoms with Gasteiger partial charge < -0.3 is 9.30 Å². The van der Waals surface area contributed by atoms with E-state index in [2.05, 4.69) is 35.3 Å². The molecule has 1 heterocycles. The quantitative estimate of drug-likeness (QED) is 0.525. The van der Waals surface area contributed by atoms with Gasteiger partial charge in [-0.25, -0.2) is 0 Å². The van der Waals surface area contributed by atoms with Crippen LogP contribution in [-0.4, -0.2) is 24.9 Å². The summed E-state index contributed by atoms with van der Waals surface area (Å²) in [7, 11) is 1.66. The van der Waals surface area contributed by atoms with Crippen molar-refractivity contribution in [2.45, 2.75) is 26.4 Å². The molecule has 86 valence electrons. The molecule has 0 amide bonds. The third-order valence-electron chi connectivity index (χ3n) is 2.13. The van der Waals surface area contributed by atoms with E-state index in [0.717, 1.165) is 19.5 Å². The number of ether oxygens (including phenoxy) is 1. The molecule has 1 rings (SSSR count). The predicted molar refractivity (Wildman–Crippen MR) is 59.4 cm³/mol. The first-order valence-corrected chi connectivity index (χ1v) is 5.36. The first-order valence-electron chi connectivity index (χ1n) is 5.36. The van der Waals surface area contributed by atoms with E-state index < -0.39 is 0 Å². The molecule has 0 spiro atoms. The second kappa shape index (κ2) is 7.45. The van der Waals surface area contributed by atoms with Gasteiger partial charge in [0.05, 0.1) is 19.8 Å². The number of aryl methyl sites for hydroxylation is 1. The van der Waals surface area contributed by atoms with Gasteiger partial charge >= 0.3 is 0 Å². The number of methoxy groups -OCH3 is 1. The van der Waals surface area contributed by atoms with Gasteiger partial charge in [-0.05, 0) is 18.6 Å². The Hall–Kier alpha value is -0.840. The standard InChI is InChI=1S/C11H20N2O2/c1-3-6-13-7-4-5-11(13)10-12-15-9-8-14-2/h4-5,7,12H,3,6,8-10H2,1-2H3. The highest BCUT2D eigenvalue weighted by atomic mass is 16.7. The number of hydrogen-bond acceptors (Lipinski definition) is 3. The lowest BCUT2D eigenvalue weighted by Gasteiger charge is -2.09. The Balaban J connectivity index is 2.21. The molecule has 15 heavy (non-hydrogen) atoms. The van der Waals surface area contributed by atoms with E-state index in [9.17, 15) is 0 Å². The highest BCUT2D eigenvalue weighted by molar-refractivity contribution is 5.06. The maximum atomic E-state index is 5.19. The Bertz CT molecular complexity index is 261. The van der Waals surface area contributed by atoms with Gasteiger partial charge in [0.15, 0.2) is 0 Å². The zero-order valence-corrected chi connectivity index (χ0v) is 9.53. The van der Waals surface area contributed by atoms with Crippen LogP contribution < -0.4 is 5.48 Å². The highest BCUT2D eigenvalue weighted by Gasteiger charge is 1.98. The summed E-state index contributed by atoms with van der Waals surface area (Å²) >= 11 is 0. The van der Waals surface area contributed by atoms with Gasteiger partial charge in [-0.15, -0.1) is 0 Å². The van der Waals surface area contributed by atoms with Crippen molar-refractivity contribution in [1.82, 2.24) is 10.0 Å². The molecule has 0 aliphatic rings. The van der Waals surface area contributed by atoms with Gasteiger partial charge in [0, 0.05) is 25.5 Å². The summed E-state index contributed by atoms with van der Waals surface area (Å²) in [6.45, 7) is 5.15. The summed E-state index contributed by atoms with van der Waals surface area (Å²) in [5, 5.41) is 0. The Morgan fingerprint density at radius 3 is 3.00 bits per heavy atom. The lowest BCUT2D eigenvalue weighted by molar-refractivity contribution is 0.00259. The van der Waals surface area contributed by atoms with Crippen LogP contribution in [0.2, 0.25) is 0 Å². The second-order valence-electron chi connectivity index (χ2n) is 3.36. The van der Waals surface area contributed by atoms with E-state index in [4.69, 9.17) is 9.57 Å². The van der Waals surface area contributed by atoms with Crippen molar-refractivity contribution in [2.24, 2.45) is 0 Å². The van der Waals surface area contributed by atoms with E-state index in [1.165, 1.54) is 5.69 Å². The number of nitrogens with one attached hydrogen (secondary N) is 1. The van der Waals surface area contributed by atoms with Crippen molar-refractivity contribution >= 4 is 0 Å². The molecule has 0 saturated carbocycles. The zero-order chi connectivity index (χ0) is 10.9. The van der Waals surface area contributed by atoms with Crippen molar-refractivity contribution in [2.75, 3.05) is 20.3 Å². The monoisotopic (exact) mass is 212 g/mol. The molecule has 1 aromatic rings. The van der Waals surface area contributed by atoms with E-state index >= 15 is 0 Å². The summed E-state index contributed by atoms with van der Waals surface area (Å²) < 4.78 is 7.10. The molecule has 1 N–H and O–H groups in total. The molecule has 4 nitrogen and oxygen atoms in total. The Kier molecular flexibility index (Phi) is 6.08. The normalized spacial score (nSPS) is 10.8. The first-order chi connectivity index (χ1) is 7.38. The van der Waals surface area contributed by atoms with Crippen molar-refractivity contribution in [3.05, 3.63) is 24.0 Å². The largest absolute Gasteiger partial charge is 0.382 e. The Morgan fingerprint density at radius 1 is 1.40 bits per heavy atom. The molecular weight excluding hydrogens is 192 g/mol. The van der Waals surface area contributed by atoms with Crippen molar-refractivity contribution in [1.29, 1.82) is 0 Å². The van der Waals surface area contributed by atoms with Crippen LogP contribution in [0.1, 0.15) is 19.0 Å². The topological polar surface area (TPSA) is 35.4 Å². The van der Waals surface area contributed by atoms with Crippen LogP contribution >= 0.6 is 0 Å². The fourth-order valence-corrected chi connectivity index (χ4v) is 1.39. The molecular formula is C11H20N2O2. The fraction of sp³-hybridized carbons (Fsp3) is 0.636. The average Bonchev–Trinajstić information content (AvgIpc) is 2.66. The van der Waals surface area contributed by atoms with E-state index in [1.54, 1.807) is 7.11 Å². The summed E-state index contributed by atoms with van der Waals surface area (Å²) in [5.74, 6) is 0. The molecule has 0 unspecified atom stereocenters. The maximum absolute atomic E-state index is 5.19. The van der Waals surface area contributed by atoms with Crippen LogP contribution in [-0.2, 0) is 22.7 Å². The lowest BCUT2D eigenvalue weighted by atomic mass is 10.4. The average molecular weight is 212 g/mol. The highest BCUT2D eigenvalue weighted by Crippen LogP contribution is 2.02. The van der Waals surface area contributed by atoms with Gasteiger partial charge in [0.2, 0.25) is 0 Å². The SMILES string of the molecule is CCCn1cccc1CNOCCOC. The van der Waals surface area contributed by atoms with Gasteiger partial charge in [-0.1, -0.05) is 6.92 Å².